The van der Waals surface area contributed by atoms with Crippen molar-refractivity contribution in [3.05, 3.63) is 59.2 Å². The molecule has 1 heterocycles. The van der Waals surface area contributed by atoms with Crippen LogP contribution in [0.25, 0.3) is 0 Å². The number of ether oxygens (including phenoxy) is 1. The summed E-state index contributed by atoms with van der Waals surface area (Å²) >= 11 is 0. The number of nitrogens with zero attached hydrogens (tertiary/aromatic N) is 1. The Labute approximate surface area is 130 Å². The van der Waals surface area contributed by atoms with E-state index < -0.39 is 6.04 Å². The van der Waals surface area contributed by atoms with E-state index in [1.54, 1.807) is 12.0 Å². The van der Waals surface area contributed by atoms with Crippen LogP contribution in [0.3, 0.4) is 0 Å². The Kier molecular flexibility index (Phi) is 3.62. The van der Waals surface area contributed by atoms with Crippen LogP contribution in [0.5, 0.6) is 5.75 Å². The fraction of sp³-hybridized carbons (Fsp3) is 0.278. The van der Waals surface area contributed by atoms with Crippen molar-refractivity contribution < 1.29 is 9.53 Å². The Hall–Kier alpha value is -2.33. The third-order valence-corrected chi connectivity index (χ3v) is 4.34. The maximum Gasteiger partial charge on any atom is 0.247 e. The third-order valence-electron chi connectivity index (χ3n) is 4.34. The molecule has 0 radical (unpaired) electrons. The number of aryl methyl sites for hydroxylation is 2. The summed E-state index contributed by atoms with van der Waals surface area (Å²) in [6, 6.07) is 13.1. The van der Waals surface area contributed by atoms with Gasteiger partial charge in [0.25, 0.3) is 0 Å². The lowest BCUT2D eigenvalue weighted by Crippen LogP contribution is -2.63. The first-order valence-electron chi connectivity index (χ1n) is 7.33. The van der Waals surface area contributed by atoms with Gasteiger partial charge < -0.3 is 15.4 Å². The molecule has 0 bridgehead atoms. The summed E-state index contributed by atoms with van der Waals surface area (Å²) in [5.74, 6) is 0.722. The minimum absolute atomic E-state index is 0.0453. The van der Waals surface area contributed by atoms with Crippen LogP contribution in [-0.2, 0) is 4.79 Å². The average molecular weight is 296 g/mol. The highest BCUT2D eigenvalue weighted by Gasteiger charge is 2.46. The van der Waals surface area contributed by atoms with E-state index in [1.165, 1.54) is 5.56 Å². The molecular weight excluding hydrogens is 276 g/mol. The van der Waals surface area contributed by atoms with E-state index in [9.17, 15) is 4.79 Å². The molecule has 22 heavy (non-hydrogen) atoms. The summed E-state index contributed by atoms with van der Waals surface area (Å²) in [4.78, 5) is 14.0. The van der Waals surface area contributed by atoms with Crippen LogP contribution in [0.2, 0.25) is 0 Å². The number of methoxy groups -OCH3 is 1. The van der Waals surface area contributed by atoms with Crippen LogP contribution in [0.1, 0.15) is 22.7 Å². The Morgan fingerprint density at radius 1 is 1.09 bits per heavy atom. The second-order valence-electron chi connectivity index (χ2n) is 5.72. The number of β-lactam (4-membered cyclic amide) rings is 1. The molecule has 4 nitrogen and oxygen atoms in total. The van der Waals surface area contributed by atoms with Crippen molar-refractivity contribution in [3.8, 4) is 5.75 Å². The molecule has 2 aromatic rings. The predicted molar refractivity (Wildman–Crippen MR) is 87.1 cm³/mol. The molecule has 0 saturated carbocycles. The number of amides is 1. The van der Waals surface area contributed by atoms with Crippen LogP contribution >= 0.6 is 0 Å². The molecule has 2 aromatic carbocycles. The van der Waals surface area contributed by atoms with Crippen molar-refractivity contribution >= 4 is 11.6 Å². The van der Waals surface area contributed by atoms with E-state index in [2.05, 4.69) is 6.92 Å². The first kappa shape index (κ1) is 14.6. The normalized spacial score (nSPS) is 20.7. The van der Waals surface area contributed by atoms with E-state index in [4.69, 9.17) is 10.5 Å². The first-order valence-corrected chi connectivity index (χ1v) is 7.33. The largest absolute Gasteiger partial charge is 0.497 e. The SMILES string of the molecule is COc1cccc(C2C(N)C(=O)N2c2ccc(C)c(C)c2)c1. The molecule has 3 rings (SSSR count). The average Bonchev–Trinajstić information content (AvgIpc) is 2.54. The van der Waals surface area contributed by atoms with Gasteiger partial charge in [0, 0.05) is 5.69 Å². The smallest absolute Gasteiger partial charge is 0.247 e. The minimum Gasteiger partial charge on any atom is -0.497 e. The lowest BCUT2D eigenvalue weighted by atomic mass is 9.88. The van der Waals surface area contributed by atoms with E-state index >= 15 is 0 Å². The standard InChI is InChI=1S/C18H20N2O2/c1-11-7-8-14(9-12(11)2)20-17(16(19)18(20)21)13-5-4-6-15(10-13)22-3/h4-10,16-17H,19H2,1-3H3. The molecule has 1 saturated heterocycles. The zero-order valence-corrected chi connectivity index (χ0v) is 13.0. The predicted octanol–water partition coefficient (Wildman–Crippen LogP) is 2.73. The van der Waals surface area contributed by atoms with Crippen molar-refractivity contribution in [2.45, 2.75) is 25.9 Å². The number of nitrogens with two attached hydrogens (primary N) is 1. The first-order chi connectivity index (χ1) is 10.5. The van der Waals surface area contributed by atoms with Gasteiger partial charge >= 0.3 is 0 Å². The molecule has 2 N–H and O–H groups in total. The van der Waals surface area contributed by atoms with E-state index in [1.807, 2.05) is 49.4 Å². The topological polar surface area (TPSA) is 55.6 Å². The van der Waals surface area contributed by atoms with Crippen molar-refractivity contribution in [2.75, 3.05) is 12.0 Å². The zero-order chi connectivity index (χ0) is 15.9. The van der Waals surface area contributed by atoms with Gasteiger partial charge in [-0.1, -0.05) is 18.2 Å². The van der Waals surface area contributed by atoms with Gasteiger partial charge in [-0.2, -0.15) is 0 Å². The van der Waals surface area contributed by atoms with Crippen molar-refractivity contribution in [1.29, 1.82) is 0 Å². The van der Waals surface area contributed by atoms with Crippen LogP contribution in [0, 0.1) is 13.8 Å². The summed E-state index contributed by atoms with van der Waals surface area (Å²) in [6.07, 6.45) is 0. The van der Waals surface area contributed by atoms with Gasteiger partial charge in [-0.25, -0.2) is 0 Å². The molecule has 114 valence electrons. The molecule has 1 amide bonds. The molecular formula is C18H20N2O2. The number of hydrogen-bond acceptors (Lipinski definition) is 3. The fourth-order valence-corrected chi connectivity index (χ4v) is 2.86. The summed E-state index contributed by atoms with van der Waals surface area (Å²) in [6.45, 7) is 4.10. The number of carbonyl (C=O) groups excluding carboxylic acids is 1. The number of rotatable bonds is 3. The lowest BCUT2D eigenvalue weighted by Gasteiger charge is -2.45. The Morgan fingerprint density at radius 3 is 2.55 bits per heavy atom. The Morgan fingerprint density at radius 2 is 1.86 bits per heavy atom. The molecule has 1 aliphatic rings. The number of carbonyl (C=O) groups is 1. The highest BCUT2D eigenvalue weighted by atomic mass is 16.5. The highest BCUT2D eigenvalue weighted by molar-refractivity contribution is 6.05. The molecule has 2 unspecified atom stereocenters. The van der Waals surface area contributed by atoms with Crippen molar-refractivity contribution in [1.82, 2.24) is 0 Å². The maximum absolute atomic E-state index is 12.3. The van der Waals surface area contributed by atoms with E-state index in [-0.39, 0.29) is 11.9 Å². The second-order valence-corrected chi connectivity index (χ2v) is 5.72. The lowest BCUT2D eigenvalue weighted by molar-refractivity contribution is -0.126. The van der Waals surface area contributed by atoms with Crippen molar-refractivity contribution in [2.24, 2.45) is 5.73 Å². The van der Waals surface area contributed by atoms with Gasteiger partial charge in [-0.05, 0) is 54.8 Å². The molecule has 0 aliphatic carbocycles. The third kappa shape index (κ3) is 2.25. The van der Waals surface area contributed by atoms with Gasteiger partial charge in [0.2, 0.25) is 5.91 Å². The Balaban J connectivity index is 1.98. The van der Waals surface area contributed by atoms with Crippen LogP contribution < -0.4 is 15.4 Å². The summed E-state index contributed by atoms with van der Waals surface area (Å²) < 4.78 is 5.27. The molecule has 0 aromatic heterocycles. The van der Waals surface area contributed by atoms with Gasteiger partial charge in [0.05, 0.1) is 13.2 Å². The van der Waals surface area contributed by atoms with Gasteiger partial charge in [-0.3, -0.25) is 4.79 Å². The van der Waals surface area contributed by atoms with Gasteiger partial charge in [0.15, 0.2) is 0 Å². The number of benzene rings is 2. The number of hydrogen-bond donors (Lipinski definition) is 1. The monoisotopic (exact) mass is 296 g/mol. The summed E-state index contributed by atoms with van der Waals surface area (Å²) in [5, 5.41) is 0. The molecule has 4 heteroatoms. The van der Waals surface area contributed by atoms with E-state index in [0.29, 0.717) is 0 Å². The fourth-order valence-electron chi connectivity index (χ4n) is 2.86. The Bertz CT molecular complexity index is 727. The minimum atomic E-state index is -0.506. The van der Waals surface area contributed by atoms with Crippen LogP contribution in [0.4, 0.5) is 5.69 Å². The van der Waals surface area contributed by atoms with E-state index in [0.717, 1.165) is 22.6 Å². The van der Waals surface area contributed by atoms with Crippen LogP contribution in [-0.4, -0.2) is 19.1 Å². The molecule has 2 atom stereocenters. The van der Waals surface area contributed by atoms with Crippen LogP contribution in [0.15, 0.2) is 42.5 Å². The quantitative estimate of drug-likeness (QED) is 0.886. The maximum atomic E-state index is 12.3. The highest BCUT2D eigenvalue weighted by Crippen LogP contribution is 2.39. The van der Waals surface area contributed by atoms with Crippen molar-refractivity contribution in [3.63, 3.8) is 0 Å². The van der Waals surface area contributed by atoms with Gasteiger partial charge in [-0.15, -0.1) is 0 Å². The molecule has 1 aliphatic heterocycles. The summed E-state index contributed by atoms with van der Waals surface area (Å²) in [7, 11) is 1.63. The van der Waals surface area contributed by atoms with Gasteiger partial charge in [0.1, 0.15) is 11.8 Å². The zero-order valence-electron chi connectivity index (χ0n) is 13.0. The number of anilines is 1. The summed E-state index contributed by atoms with van der Waals surface area (Å²) in [5.41, 5.74) is 10.3. The second kappa shape index (κ2) is 5.46. The molecule has 0 spiro atoms. The molecule has 1 fully saturated rings.